The van der Waals surface area contributed by atoms with Gasteiger partial charge in [0.2, 0.25) is 0 Å². The molecule has 98 valence electrons. The Morgan fingerprint density at radius 3 is 2.89 bits per heavy atom. The van der Waals surface area contributed by atoms with Crippen molar-refractivity contribution in [1.29, 1.82) is 0 Å². The quantitative estimate of drug-likeness (QED) is 0.823. The molecule has 0 aliphatic carbocycles. The number of carbonyl (C=O) groups is 1. The van der Waals surface area contributed by atoms with Gasteiger partial charge >= 0.3 is 5.97 Å². The van der Waals surface area contributed by atoms with Crippen molar-refractivity contribution in [3.8, 4) is 0 Å². The standard InChI is InChI=1S/C13H16FNO3/c14-11-4-2-1-3-9(11)8-17-13(16)12-6-5-10(7-15)18-12/h1-4,10,12H,5-8,15H2. The average molecular weight is 253 g/mol. The molecule has 5 heteroatoms. The maximum Gasteiger partial charge on any atom is 0.335 e. The van der Waals surface area contributed by atoms with Crippen LogP contribution in [0.1, 0.15) is 18.4 Å². The van der Waals surface area contributed by atoms with Crippen molar-refractivity contribution in [2.75, 3.05) is 6.54 Å². The molecule has 1 aromatic rings. The fraction of sp³-hybridized carbons (Fsp3) is 0.462. The first-order chi connectivity index (χ1) is 8.70. The van der Waals surface area contributed by atoms with Gasteiger partial charge in [-0.25, -0.2) is 9.18 Å². The van der Waals surface area contributed by atoms with Crippen molar-refractivity contribution < 1.29 is 18.7 Å². The minimum absolute atomic E-state index is 0.0708. The highest BCUT2D eigenvalue weighted by Gasteiger charge is 2.31. The molecule has 0 amide bonds. The van der Waals surface area contributed by atoms with Crippen LogP contribution in [0.15, 0.2) is 24.3 Å². The predicted molar refractivity (Wildman–Crippen MR) is 63.1 cm³/mol. The van der Waals surface area contributed by atoms with Gasteiger partial charge in [0.25, 0.3) is 0 Å². The highest BCUT2D eigenvalue weighted by Crippen LogP contribution is 2.20. The van der Waals surface area contributed by atoms with Crippen molar-refractivity contribution in [1.82, 2.24) is 0 Å². The van der Waals surface area contributed by atoms with E-state index in [1.807, 2.05) is 0 Å². The molecule has 1 aliphatic rings. The lowest BCUT2D eigenvalue weighted by molar-refractivity contribution is -0.157. The Kier molecular flexibility index (Phi) is 4.28. The van der Waals surface area contributed by atoms with Gasteiger partial charge in [0.15, 0.2) is 6.10 Å². The minimum atomic E-state index is -0.565. The SMILES string of the molecule is NCC1CCC(C(=O)OCc2ccccc2F)O1. The van der Waals surface area contributed by atoms with Crippen molar-refractivity contribution in [2.24, 2.45) is 5.73 Å². The highest BCUT2D eigenvalue weighted by atomic mass is 19.1. The van der Waals surface area contributed by atoms with Crippen LogP contribution < -0.4 is 5.73 Å². The Bertz CT molecular complexity index is 424. The van der Waals surface area contributed by atoms with Gasteiger partial charge in [0.05, 0.1) is 6.10 Å². The molecule has 0 saturated carbocycles. The van der Waals surface area contributed by atoms with Gasteiger partial charge < -0.3 is 15.2 Å². The fourth-order valence-electron chi connectivity index (χ4n) is 1.91. The number of nitrogens with two attached hydrogens (primary N) is 1. The first kappa shape index (κ1) is 13.0. The van der Waals surface area contributed by atoms with E-state index < -0.39 is 12.1 Å². The summed E-state index contributed by atoms with van der Waals surface area (Å²) in [5, 5.41) is 0. The summed E-state index contributed by atoms with van der Waals surface area (Å²) >= 11 is 0. The van der Waals surface area contributed by atoms with E-state index >= 15 is 0 Å². The maximum atomic E-state index is 13.3. The Balaban J connectivity index is 1.84. The molecule has 2 N–H and O–H groups in total. The van der Waals surface area contributed by atoms with Gasteiger partial charge in [-0.3, -0.25) is 0 Å². The number of halogens is 1. The fourth-order valence-corrected chi connectivity index (χ4v) is 1.91. The van der Waals surface area contributed by atoms with Crippen molar-refractivity contribution in [3.05, 3.63) is 35.6 Å². The summed E-state index contributed by atoms with van der Waals surface area (Å²) in [7, 11) is 0. The van der Waals surface area contributed by atoms with Crippen molar-refractivity contribution in [2.45, 2.75) is 31.7 Å². The molecule has 2 unspecified atom stereocenters. The lowest BCUT2D eigenvalue weighted by Gasteiger charge is -2.12. The molecule has 1 aromatic carbocycles. The topological polar surface area (TPSA) is 61.6 Å². The molecular weight excluding hydrogens is 237 g/mol. The number of carbonyl (C=O) groups excluding carboxylic acids is 1. The molecule has 0 bridgehead atoms. The monoisotopic (exact) mass is 253 g/mol. The Morgan fingerprint density at radius 1 is 1.44 bits per heavy atom. The normalized spacial score (nSPS) is 23.0. The van der Waals surface area contributed by atoms with Gasteiger partial charge in [0, 0.05) is 12.1 Å². The van der Waals surface area contributed by atoms with Crippen LogP contribution in [0.2, 0.25) is 0 Å². The zero-order valence-electron chi connectivity index (χ0n) is 9.97. The van der Waals surface area contributed by atoms with Crippen LogP contribution in [0.4, 0.5) is 4.39 Å². The van der Waals surface area contributed by atoms with Gasteiger partial charge in [-0.05, 0) is 18.9 Å². The third-order valence-electron chi connectivity index (χ3n) is 2.96. The number of hydrogen-bond donors (Lipinski definition) is 1. The summed E-state index contributed by atoms with van der Waals surface area (Å²) < 4.78 is 23.7. The van der Waals surface area contributed by atoms with Crippen LogP contribution in [0, 0.1) is 5.82 Å². The maximum absolute atomic E-state index is 13.3. The van der Waals surface area contributed by atoms with E-state index in [0.717, 1.165) is 6.42 Å². The Morgan fingerprint density at radius 2 is 2.22 bits per heavy atom. The zero-order valence-corrected chi connectivity index (χ0v) is 9.97. The molecule has 1 heterocycles. The van der Waals surface area contributed by atoms with E-state index in [1.54, 1.807) is 18.2 Å². The molecule has 1 aliphatic heterocycles. The second-order valence-electron chi connectivity index (χ2n) is 4.26. The van der Waals surface area contributed by atoms with E-state index in [4.69, 9.17) is 15.2 Å². The average Bonchev–Trinajstić information content (AvgIpc) is 2.86. The van der Waals surface area contributed by atoms with Crippen LogP contribution in [-0.2, 0) is 20.9 Å². The number of rotatable bonds is 4. The summed E-state index contributed by atoms with van der Waals surface area (Å²) in [6.07, 6.45) is 0.731. The first-order valence-electron chi connectivity index (χ1n) is 5.96. The van der Waals surface area contributed by atoms with Crippen molar-refractivity contribution >= 4 is 5.97 Å². The molecule has 1 fully saturated rings. The third kappa shape index (κ3) is 3.05. The van der Waals surface area contributed by atoms with E-state index in [-0.39, 0.29) is 18.5 Å². The number of ether oxygens (including phenoxy) is 2. The molecule has 2 atom stereocenters. The van der Waals surface area contributed by atoms with Gasteiger partial charge in [0.1, 0.15) is 12.4 Å². The molecular formula is C13H16FNO3. The molecule has 2 rings (SSSR count). The third-order valence-corrected chi connectivity index (χ3v) is 2.96. The smallest absolute Gasteiger partial charge is 0.335 e. The molecule has 0 aromatic heterocycles. The molecule has 0 spiro atoms. The molecule has 18 heavy (non-hydrogen) atoms. The van der Waals surface area contributed by atoms with Crippen LogP contribution >= 0.6 is 0 Å². The van der Waals surface area contributed by atoms with Gasteiger partial charge in [-0.2, -0.15) is 0 Å². The Hall–Kier alpha value is -1.46. The summed E-state index contributed by atoms with van der Waals surface area (Å²) in [4.78, 5) is 11.7. The van der Waals surface area contributed by atoms with Crippen LogP contribution in [0.3, 0.4) is 0 Å². The lowest BCUT2D eigenvalue weighted by Crippen LogP contribution is -2.26. The minimum Gasteiger partial charge on any atom is -0.459 e. The summed E-state index contributed by atoms with van der Waals surface area (Å²) in [5.74, 6) is -0.827. The second-order valence-corrected chi connectivity index (χ2v) is 4.26. The van der Waals surface area contributed by atoms with Crippen LogP contribution in [0.25, 0.3) is 0 Å². The summed E-state index contributed by atoms with van der Waals surface area (Å²) in [6, 6.07) is 6.20. The van der Waals surface area contributed by atoms with Crippen LogP contribution in [0.5, 0.6) is 0 Å². The number of benzene rings is 1. The summed E-state index contributed by atoms with van der Waals surface area (Å²) in [6.45, 7) is 0.329. The number of hydrogen-bond acceptors (Lipinski definition) is 4. The number of esters is 1. The van der Waals surface area contributed by atoms with E-state index in [9.17, 15) is 9.18 Å². The van der Waals surface area contributed by atoms with E-state index in [0.29, 0.717) is 18.5 Å². The zero-order chi connectivity index (χ0) is 13.0. The molecule has 4 nitrogen and oxygen atoms in total. The predicted octanol–water partition coefficient (Wildman–Crippen LogP) is 1.38. The lowest BCUT2D eigenvalue weighted by atomic mass is 10.2. The first-order valence-corrected chi connectivity index (χ1v) is 5.96. The van der Waals surface area contributed by atoms with Gasteiger partial charge in [-0.1, -0.05) is 18.2 Å². The summed E-state index contributed by atoms with van der Waals surface area (Å²) in [5.41, 5.74) is 5.81. The van der Waals surface area contributed by atoms with Crippen molar-refractivity contribution in [3.63, 3.8) is 0 Å². The van der Waals surface area contributed by atoms with E-state index in [1.165, 1.54) is 6.07 Å². The second kappa shape index (κ2) is 5.93. The van der Waals surface area contributed by atoms with E-state index in [2.05, 4.69) is 0 Å². The van der Waals surface area contributed by atoms with Gasteiger partial charge in [-0.15, -0.1) is 0 Å². The molecule has 1 saturated heterocycles. The highest BCUT2D eigenvalue weighted by molar-refractivity contribution is 5.75. The Labute approximate surface area is 105 Å². The molecule has 0 radical (unpaired) electrons. The largest absolute Gasteiger partial charge is 0.459 e. The van der Waals surface area contributed by atoms with Crippen LogP contribution in [-0.4, -0.2) is 24.7 Å².